The quantitative estimate of drug-likeness (QED) is 0.0944. The van der Waals surface area contributed by atoms with Crippen molar-refractivity contribution in [1.82, 2.24) is 15.3 Å². The zero-order chi connectivity index (χ0) is 33.5. The molecule has 1 amide bonds. The minimum atomic E-state index is -5.08. The van der Waals surface area contributed by atoms with Gasteiger partial charge in [0, 0.05) is 11.8 Å². The van der Waals surface area contributed by atoms with Crippen LogP contribution in [0.15, 0.2) is 87.5 Å². The van der Waals surface area contributed by atoms with Crippen molar-refractivity contribution >= 4 is 79.4 Å². The van der Waals surface area contributed by atoms with Crippen LogP contribution in [0.4, 0.5) is 13.2 Å². The van der Waals surface area contributed by atoms with Gasteiger partial charge in [0.15, 0.2) is 8.68 Å². The van der Waals surface area contributed by atoms with Gasteiger partial charge < -0.3 is 21.9 Å². The molecular formula is C31H34F3N5O3S4. The van der Waals surface area contributed by atoms with E-state index in [4.69, 9.17) is 21.4 Å². The van der Waals surface area contributed by atoms with Gasteiger partial charge in [-0.2, -0.15) is 25.8 Å². The lowest BCUT2D eigenvalue weighted by atomic mass is 10.0. The summed E-state index contributed by atoms with van der Waals surface area (Å²) in [6, 6.07) is 26.1. The first-order valence-corrected chi connectivity index (χ1v) is 17.2. The average molecular weight is 710 g/mol. The van der Waals surface area contributed by atoms with Crippen molar-refractivity contribution in [2.45, 2.75) is 52.6 Å². The van der Waals surface area contributed by atoms with Gasteiger partial charge in [0.1, 0.15) is 0 Å². The van der Waals surface area contributed by atoms with Crippen molar-refractivity contribution in [3.63, 3.8) is 0 Å². The number of rotatable bonds is 11. The van der Waals surface area contributed by atoms with Crippen LogP contribution in [0.25, 0.3) is 20.4 Å². The van der Waals surface area contributed by atoms with Crippen molar-refractivity contribution in [2.75, 3.05) is 12.3 Å². The molecule has 0 saturated carbocycles. The number of carbonyl (C=O) groups excluding carboxylic acids is 1. The number of nitrogens with one attached hydrogen (secondary N) is 1. The first kappa shape index (κ1) is 37.2. The molecule has 6 N–H and O–H groups in total. The van der Waals surface area contributed by atoms with Crippen LogP contribution in [0.3, 0.4) is 0 Å². The predicted molar refractivity (Wildman–Crippen MR) is 184 cm³/mol. The molecule has 0 aliphatic carbocycles. The molecule has 46 heavy (non-hydrogen) atoms. The smallest absolute Gasteiger partial charge is 0.475 e. The molecule has 0 aliphatic rings. The second kappa shape index (κ2) is 18.8. The SMILES string of the molecule is NCCC[C@@H](CS)NC(=O)[C@@H](N)CCc1ccccc1.O=C(O)C(F)(F)F.c1ccc2sc(Sc3nc4ccccc4s3)nc2c1. The number of thiazole rings is 2. The topological polar surface area (TPSA) is 144 Å². The number of nitrogens with zero attached hydrogens (tertiary/aromatic N) is 2. The summed E-state index contributed by atoms with van der Waals surface area (Å²) < 4.78 is 36.3. The number of aliphatic carboxylic acids is 1. The van der Waals surface area contributed by atoms with E-state index in [0.717, 1.165) is 39.0 Å². The Hall–Kier alpha value is -3.21. The maximum atomic E-state index is 12.0. The van der Waals surface area contributed by atoms with Gasteiger partial charge in [0.25, 0.3) is 0 Å². The van der Waals surface area contributed by atoms with Crippen LogP contribution in [0.5, 0.6) is 0 Å². The molecule has 2 aromatic heterocycles. The Morgan fingerprint density at radius 1 is 0.891 bits per heavy atom. The van der Waals surface area contributed by atoms with Crippen LogP contribution >= 0.6 is 47.1 Å². The van der Waals surface area contributed by atoms with Crippen LogP contribution in [0.1, 0.15) is 24.8 Å². The van der Waals surface area contributed by atoms with Crippen molar-refractivity contribution in [1.29, 1.82) is 0 Å². The number of carboxylic acids is 1. The Balaban J connectivity index is 0.000000209. The summed E-state index contributed by atoms with van der Waals surface area (Å²) in [6.45, 7) is 0.625. The number of halogens is 3. The van der Waals surface area contributed by atoms with Gasteiger partial charge >= 0.3 is 12.1 Å². The molecule has 2 heterocycles. The van der Waals surface area contributed by atoms with E-state index in [1.54, 1.807) is 34.4 Å². The molecule has 2 atom stereocenters. The summed E-state index contributed by atoms with van der Waals surface area (Å²) in [4.78, 5) is 30.1. The van der Waals surface area contributed by atoms with Gasteiger partial charge in [0.2, 0.25) is 5.91 Å². The number of amides is 1. The van der Waals surface area contributed by atoms with E-state index in [1.807, 2.05) is 66.7 Å². The second-order valence-electron chi connectivity index (χ2n) is 9.75. The number of aryl methyl sites for hydroxylation is 1. The van der Waals surface area contributed by atoms with Crippen molar-refractivity contribution in [2.24, 2.45) is 11.5 Å². The molecule has 5 rings (SSSR count). The molecule has 3 aromatic carbocycles. The number of carboxylic acid groups (broad SMARTS) is 1. The van der Waals surface area contributed by atoms with E-state index in [-0.39, 0.29) is 11.9 Å². The maximum absolute atomic E-state index is 12.0. The number of benzene rings is 3. The highest BCUT2D eigenvalue weighted by molar-refractivity contribution is 8.02. The fourth-order valence-corrected chi connectivity index (χ4v) is 7.45. The molecule has 0 bridgehead atoms. The molecule has 246 valence electrons. The molecule has 15 heteroatoms. The number of thiol groups is 1. The van der Waals surface area contributed by atoms with Gasteiger partial charge in [-0.25, -0.2) is 14.8 Å². The van der Waals surface area contributed by atoms with Crippen molar-refractivity contribution < 1.29 is 27.9 Å². The van der Waals surface area contributed by atoms with Crippen LogP contribution in [0.2, 0.25) is 0 Å². The Morgan fingerprint density at radius 2 is 1.39 bits per heavy atom. The van der Waals surface area contributed by atoms with Gasteiger partial charge in [-0.15, -0.1) is 22.7 Å². The second-order valence-corrected chi connectivity index (χ2v) is 13.7. The Morgan fingerprint density at radius 3 is 1.85 bits per heavy atom. The lowest BCUT2D eigenvalue weighted by Crippen LogP contribution is -2.46. The molecule has 5 aromatic rings. The maximum Gasteiger partial charge on any atom is 0.490 e. The monoisotopic (exact) mass is 709 g/mol. The molecular weight excluding hydrogens is 676 g/mol. The minimum Gasteiger partial charge on any atom is -0.475 e. The third kappa shape index (κ3) is 12.5. The van der Waals surface area contributed by atoms with Crippen LogP contribution in [0, 0.1) is 0 Å². The number of alkyl halides is 3. The average Bonchev–Trinajstić information content (AvgIpc) is 3.65. The number of hydrogen-bond acceptors (Lipinski definition) is 10. The highest BCUT2D eigenvalue weighted by Crippen LogP contribution is 2.37. The highest BCUT2D eigenvalue weighted by atomic mass is 32.2. The molecule has 0 saturated heterocycles. The van der Waals surface area contributed by atoms with Gasteiger partial charge in [0.05, 0.1) is 26.5 Å². The molecule has 0 aliphatic heterocycles. The lowest BCUT2D eigenvalue weighted by Gasteiger charge is -2.19. The molecule has 0 unspecified atom stereocenters. The van der Waals surface area contributed by atoms with E-state index >= 15 is 0 Å². The number of hydrogen-bond donors (Lipinski definition) is 5. The van der Waals surface area contributed by atoms with E-state index in [2.05, 4.69) is 40.0 Å². The zero-order valence-corrected chi connectivity index (χ0v) is 27.9. The zero-order valence-electron chi connectivity index (χ0n) is 24.5. The van der Waals surface area contributed by atoms with E-state index < -0.39 is 18.2 Å². The number of para-hydroxylation sites is 2. The summed E-state index contributed by atoms with van der Waals surface area (Å²) in [5.74, 6) is -2.25. The molecule has 0 fully saturated rings. The number of fused-ring (bicyclic) bond motifs is 2. The van der Waals surface area contributed by atoms with E-state index in [9.17, 15) is 18.0 Å². The number of nitrogens with two attached hydrogens (primary N) is 2. The van der Waals surface area contributed by atoms with E-state index in [1.165, 1.54) is 15.0 Å². The summed E-state index contributed by atoms with van der Waals surface area (Å²) in [5, 5.41) is 10.1. The molecule has 0 spiro atoms. The number of aromatic nitrogens is 2. The van der Waals surface area contributed by atoms with Crippen LogP contribution in [-0.2, 0) is 16.0 Å². The first-order chi connectivity index (χ1) is 22.0. The van der Waals surface area contributed by atoms with Gasteiger partial charge in [-0.3, -0.25) is 4.79 Å². The van der Waals surface area contributed by atoms with Crippen molar-refractivity contribution in [3.05, 3.63) is 84.4 Å². The molecule has 8 nitrogen and oxygen atoms in total. The van der Waals surface area contributed by atoms with Crippen molar-refractivity contribution in [3.8, 4) is 0 Å². The van der Waals surface area contributed by atoms with E-state index in [0.29, 0.717) is 18.7 Å². The summed E-state index contributed by atoms with van der Waals surface area (Å²) in [7, 11) is 0. The van der Waals surface area contributed by atoms with Crippen LogP contribution in [-0.4, -0.2) is 57.5 Å². The summed E-state index contributed by atoms with van der Waals surface area (Å²) in [5.41, 5.74) is 14.7. The van der Waals surface area contributed by atoms with Crippen LogP contribution < -0.4 is 16.8 Å². The molecule has 0 radical (unpaired) electrons. The fraction of sp³-hybridized carbons (Fsp3) is 0.290. The fourth-order valence-electron chi connectivity index (χ4n) is 3.84. The highest BCUT2D eigenvalue weighted by Gasteiger charge is 2.38. The largest absolute Gasteiger partial charge is 0.490 e. The van der Waals surface area contributed by atoms with Gasteiger partial charge in [-0.1, -0.05) is 54.6 Å². The summed E-state index contributed by atoms with van der Waals surface area (Å²) >= 11 is 9.34. The minimum absolute atomic E-state index is 0.0529. The number of carbonyl (C=O) groups is 2. The van der Waals surface area contributed by atoms with Gasteiger partial charge in [-0.05, 0) is 73.8 Å². The summed E-state index contributed by atoms with van der Waals surface area (Å²) in [6.07, 6.45) is -1.91. The predicted octanol–water partition coefficient (Wildman–Crippen LogP) is 6.79. The third-order valence-corrected chi connectivity index (χ3v) is 9.85. The lowest BCUT2D eigenvalue weighted by molar-refractivity contribution is -0.192. The standard InChI is InChI=1S/C15H25N3OS.C14H8N2S3.C2HF3O2/c16-10-4-7-13(11-20)18-15(19)14(17)9-8-12-5-2-1-3-6-12;1-3-7-11-9(5-1)15-13(17-11)19-14-16-10-6-2-4-8-12(10)18-14;3-2(4,5)1(6)7/h1-3,5-6,13-14,20H,4,7-11,16-17H2,(H,18,19);1-8H;(H,6,7)/t13-,14-;;/m0../s1. The Kier molecular flexibility index (Phi) is 15.2. The Bertz CT molecular complexity index is 1530. The Labute approximate surface area is 282 Å². The first-order valence-electron chi connectivity index (χ1n) is 14.1. The normalized spacial score (nSPS) is 12.4. The third-order valence-electron chi connectivity index (χ3n) is 6.21.